The number of aliphatic imine (C=N–C) groups is 1. The van der Waals surface area contributed by atoms with E-state index in [0.29, 0.717) is 18.5 Å². The zero-order chi connectivity index (χ0) is 14.8. The van der Waals surface area contributed by atoms with Crippen LogP contribution in [0.25, 0.3) is 0 Å². The van der Waals surface area contributed by atoms with Crippen molar-refractivity contribution in [1.82, 2.24) is 10.6 Å². The first-order valence-electron chi connectivity index (χ1n) is 7.03. The summed E-state index contributed by atoms with van der Waals surface area (Å²) in [4.78, 5) is 4.27. The molecule has 2 rings (SSSR count). The molecule has 1 saturated carbocycles. The third kappa shape index (κ3) is 2.68. The van der Waals surface area contributed by atoms with Gasteiger partial charge in [0.15, 0.2) is 5.96 Å². The maximum absolute atomic E-state index is 5.56. The van der Waals surface area contributed by atoms with Crippen LogP contribution in [0.2, 0.25) is 0 Å². The van der Waals surface area contributed by atoms with Crippen molar-refractivity contribution in [2.45, 2.75) is 39.5 Å². The fourth-order valence-electron chi connectivity index (χ4n) is 3.35. The first kappa shape index (κ1) is 14.9. The number of guanidine groups is 1. The molecule has 0 radical (unpaired) electrons. The quantitative estimate of drug-likeness (QED) is 0.654. The van der Waals surface area contributed by atoms with E-state index in [4.69, 9.17) is 9.15 Å². The van der Waals surface area contributed by atoms with Crippen LogP contribution in [-0.4, -0.2) is 32.3 Å². The number of nitrogens with zero attached hydrogens (tertiary/aromatic N) is 1. The van der Waals surface area contributed by atoms with Gasteiger partial charge >= 0.3 is 0 Å². The van der Waals surface area contributed by atoms with Gasteiger partial charge in [-0.3, -0.25) is 4.99 Å². The molecule has 0 spiro atoms. The summed E-state index contributed by atoms with van der Waals surface area (Å²) in [6.45, 7) is 7.27. The second-order valence-corrected chi connectivity index (χ2v) is 5.96. The molecule has 0 saturated heterocycles. The topological polar surface area (TPSA) is 58.8 Å². The van der Waals surface area contributed by atoms with Crippen LogP contribution in [0.3, 0.4) is 0 Å². The minimum atomic E-state index is 0.0937. The molecule has 1 aliphatic carbocycles. The number of rotatable bonds is 4. The molecule has 1 aromatic rings. The summed E-state index contributed by atoms with van der Waals surface area (Å²) in [7, 11) is 3.56. The van der Waals surface area contributed by atoms with Gasteiger partial charge in [0, 0.05) is 31.5 Å². The highest BCUT2D eigenvalue weighted by Crippen LogP contribution is 2.46. The van der Waals surface area contributed by atoms with E-state index in [0.717, 1.165) is 11.7 Å². The van der Waals surface area contributed by atoms with Gasteiger partial charge in [0.2, 0.25) is 0 Å². The Hall–Kier alpha value is -1.49. The Morgan fingerprint density at radius 1 is 1.50 bits per heavy atom. The number of hydrogen-bond acceptors (Lipinski definition) is 3. The van der Waals surface area contributed by atoms with Gasteiger partial charge in [0.25, 0.3) is 0 Å². The maximum atomic E-state index is 5.56. The summed E-state index contributed by atoms with van der Waals surface area (Å²) < 4.78 is 10.9. The standard InChI is InChI=1S/C15H25N3O2/c1-10-12(15(2,3)13(10)19-5)18-14(16-4)17-9-11-7-6-8-20-11/h6-8,10,12-13H,9H2,1-5H3,(H2,16,17,18). The van der Waals surface area contributed by atoms with E-state index in [1.165, 1.54) is 0 Å². The Balaban J connectivity index is 1.91. The molecule has 5 nitrogen and oxygen atoms in total. The molecule has 5 heteroatoms. The van der Waals surface area contributed by atoms with E-state index < -0.39 is 0 Å². The van der Waals surface area contributed by atoms with Crippen molar-refractivity contribution in [3.63, 3.8) is 0 Å². The van der Waals surface area contributed by atoms with E-state index in [2.05, 4.69) is 36.4 Å². The summed E-state index contributed by atoms with van der Waals surface area (Å²) in [5.41, 5.74) is 0.0937. The third-order valence-electron chi connectivity index (χ3n) is 4.32. The zero-order valence-corrected chi connectivity index (χ0v) is 12.9. The Bertz CT molecular complexity index is 454. The molecule has 1 heterocycles. The highest BCUT2D eigenvalue weighted by molar-refractivity contribution is 5.80. The molecule has 1 aromatic heterocycles. The van der Waals surface area contributed by atoms with Crippen molar-refractivity contribution in [1.29, 1.82) is 0 Å². The predicted octanol–water partition coefficient (Wildman–Crippen LogP) is 2.00. The molecule has 0 aromatic carbocycles. The van der Waals surface area contributed by atoms with E-state index in [1.54, 1.807) is 20.4 Å². The van der Waals surface area contributed by atoms with Crippen molar-refractivity contribution in [3.8, 4) is 0 Å². The molecule has 3 atom stereocenters. The maximum Gasteiger partial charge on any atom is 0.191 e. The fraction of sp³-hybridized carbons (Fsp3) is 0.667. The lowest BCUT2D eigenvalue weighted by Crippen LogP contribution is -2.68. The molecule has 0 aliphatic heterocycles. The van der Waals surface area contributed by atoms with Gasteiger partial charge in [0.05, 0.1) is 18.9 Å². The molecular weight excluding hydrogens is 254 g/mol. The predicted molar refractivity (Wildman–Crippen MR) is 79.6 cm³/mol. The summed E-state index contributed by atoms with van der Waals surface area (Å²) in [5.74, 6) is 2.14. The molecule has 1 fully saturated rings. The van der Waals surface area contributed by atoms with Gasteiger partial charge in [-0.05, 0) is 12.1 Å². The van der Waals surface area contributed by atoms with Crippen LogP contribution in [0.5, 0.6) is 0 Å². The average Bonchev–Trinajstić information content (AvgIpc) is 2.92. The van der Waals surface area contributed by atoms with Crippen LogP contribution in [-0.2, 0) is 11.3 Å². The Labute approximate surface area is 120 Å². The van der Waals surface area contributed by atoms with Crippen molar-refractivity contribution in [3.05, 3.63) is 24.2 Å². The minimum Gasteiger partial charge on any atom is -0.467 e. The van der Waals surface area contributed by atoms with Crippen LogP contribution in [0.1, 0.15) is 26.5 Å². The molecule has 3 unspecified atom stereocenters. The van der Waals surface area contributed by atoms with Gasteiger partial charge in [-0.15, -0.1) is 0 Å². The fourth-order valence-corrected chi connectivity index (χ4v) is 3.35. The van der Waals surface area contributed by atoms with E-state index in [1.807, 2.05) is 12.1 Å². The molecule has 20 heavy (non-hydrogen) atoms. The zero-order valence-electron chi connectivity index (χ0n) is 12.9. The minimum absolute atomic E-state index is 0.0937. The van der Waals surface area contributed by atoms with Gasteiger partial charge in [-0.1, -0.05) is 20.8 Å². The SMILES string of the molecule is CN=C(NCc1ccco1)NC1C(C)C(OC)C1(C)C. The first-order valence-corrected chi connectivity index (χ1v) is 7.03. The molecule has 1 aliphatic rings. The van der Waals surface area contributed by atoms with Gasteiger partial charge < -0.3 is 19.8 Å². The van der Waals surface area contributed by atoms with Gasteiger partial charge in [0.1, 0.15) is 5.76 Å². The Kier molecular flexibility index (Phi) is 4.38. The Morgan fingerprint density at radius 2 is 2.25 bits per heavy atom. The van der Waals surface area contributed by atoms with Crippen LogP contribution in [0.15, 0.2) is 27.8 Å². The monoisotopic (exact) mass is 279 g/mol. The van der Waals surface area contributed by atoms with Crippen LogP contribution in [0, 0.1) is 11.3 Å². The summed E-state index contributed by atoms with van der Waals surface area (Å²) in [6, 6.07) is 4.17. The lowest BCUT2D eigenvalue weighted by atomic mass is 9.58. The van der Waals surface area contributed by atoms with Crippen molar-refractivity contribution in [2.24, 2.45) is 16.3 Å². The van der Waals surface area contributed by atoms with Crippen molar-refractivity contribution < 1.29 is 9.15 Å². The van der Waals surface area contributed by atoms with Crippen LogP contribution < -0.4 is 10.6 Å². The number of hydrogen-bond donors (Lipinski definition) is 2. The Morgan fingerprint density at radius 3 is 2.75 bits per heavy atom. The summed E-state index contributed by atoms with van der Waals surface area (Å²) >= 11 is 0. The smallest absolute Gasteiger partial charge is 0.191 e. The summed E-state index contributed by atoms with van der Waals surface area (Å²) in [6.07, 6.45) is 1.95. The van der Waals surface area contributed by atoms with Gasteiger partial charge in [-0.2, -0.15) is 0 Å². The van der Waals surface area contributed by atoms with E-state index in [9.17, 15) is 0 Å². The molecule has 0 bridgehead atoms. The average molecular weight is 279 g/mol. The summed E-state index contributed by atoms with van der Waals surface area (Å²) in [5, 5.41) is 6.75. The number of methoxy groups -OCH3 is 1. The molecule has 2 N–H and O–H groups in total. The van der Waals surface area contributed by atoms with Gasteiger partial charge in [-0.25, -0.2) is 0 Å². The van der Waals surface area contributed by atoms with Crippen LogP contribution >= 0.6 is 0 Å². The molecule has 112 valence electrons. The molecule has 0 amide bonds. The second kappa shape index (κ2) is 5.87. The van der Waals surface area contributed by atoms with Crippen molar-refractivity contribution >= 4 is 5.96 Å². The lowest BCUT2D eigenvalue weighted by molar-refractivity contribution is -0.139. The first-order chi connectivity index (χ1) is 9.50. The lowest BCUT2D eigenvalue weighted by Gasteiger charge is -2.56. The number of furan rings is 1. The number of ether oxygens (including phenoxy) is 1. The largest absolute Gasteiger partial charge is 0.467 e. The van der Waals surface area contributed by atoms with E-state index >= 15 is 0 Å². The van der Waals surface area contributed by atoms with Crippen molar-refractivity contribution in [2.75, 3.05) is 14.2 Å². The van der Waals surface area contributed by atoms with Crippen LogP contribution in [0.4, 0.5) is 0 Å². The van der Waals surface area contributed by atoms with E-state index in [-0.39, 0.29) is 11.5 Å². The third-order valence-corrected chi connectivity index (χ3v) is 4.32. The molecular formula is C15H25N3O2. The normalized spacial score (nSPS) is 28.9. The highest BCUT2D eigenvalue weighted by atomic mass is 16.5. The highest BCUT2D eigenvalue weighted by Gasteiger charge is 2.54. The second-order valence-electron chi connectivity index (χ2n) is 5.96. The number of nitrogens with one attached hydrogen (secondary N) is 2.